The number of imidazole rings is 1. The molecule has 0 atom stereocenters. The summed E-state index contributed by atoms with van der Waals surface area (Å²) < 4.78 is 2.19. The van der Waals surface area contributed by atoms with Gasteiger partial charge in [-0.2, -0.15) is 0 Å². The molecule has 2 heterocycles. The average Bonchev–Trinajstić information content (AvgIpc) is 2.90. The van der Waals surface area contributed by atoms with Gasteiger partial charge in [-0.05, 0) is 37.8 Å². The van der Waals surface area contributed by atoms with E-state index in [0.717, 1.165) is 36.9 Å². The molecule has 0 bridgehead atoms. The van der Waals surface area contributed by atoms with Gasteiger partial charge in [0.2, 0.25) is 0 Å². The minimum Gasteiger partial charge on any atom is -0.393 e. The number of aliphatic hydroxyl groups excluding tert-OH is 1. The Bertz CT molecular complexity index is 541. The van der Waals surface area contributed by atoms with Gasteiger partial charge in [0.15, 0.2) is 0 Å². The number of nitrogens with two attached hydrogens (primary N) is 1. The maximum absolute atomic E-state index is 9.59. The normalized spacial score (nSPS) is 23.4. The maximum Gasteiger partial charge on any atom is 0.123 e. The van der Waals surface area contributed by atoms with Gasteiger partial charge in [-0.3, -0.25) is 0 Å². The standard InChI is InChI=1S/C14H18N4O/c15-14-6-1-10(7-17-14)13-8-16-9-18(13)11-2-4-12(19)5-3-11/h1,6-9,11-12,19H,2-5H2,(H2,15,17). The van der Waals surface area contributed by atoms with Gasteiger partial charge in [0.25, 0.3) is 0 Å². The molecule has 1 aliphatic carbocycles. The zero-order chi connectivity index (χ0) is 13.2. The number of pyridine rings is 1. The van der Waals surface area contributed by atoms with Crippen molar-refractivity contribution in [3.63, 3.8) is 0 Å². The number of hydrogen-bond donors (Lipinski definition) is 2. The number of aromatic nitrogens is 3. The molecular formula is C14H18N4O. The lowest BCUT2D eigenvalue weighted by Crippen LogP contribution is -2.21. The Labute approximate surface area is 112 Å². The molecule has 5 heteroatoms. The molecule has 19 heavy (non-hydrogen) atoms. The van der Waals surface area contributed by atoms with Gasteiger partial charge >= 0.3 is 0 Å². The number of rotatable bonds is 2. The highest BCUT2D eigenvalue weighted by Crippen LogP contribution is 2.32. The second kappa shape index (κ2) is 5.01. The van der Waals surface area contributed by atoms with Gasteiger partial charge in [-0.25, -0.2) is 9.97 Å². The number of nitrogen functional groups attached to an aromatic ring is 1. The minimum atomic E-state index is -0.138. The summed E-state index contributed by atoms with van der Waals surface area (Å²) in [7, 11) is 0. The van der Waals surface area contributed by atoms with Gasteiger partial charge in [0.05, 0.1) is 24.3 Å². The van der Waals surface area contributed by atoms with Gasteiger partial charge in [0.1, 0.15) is 5.82 Å². The van der Waals surface area contributed by atoms with E-state index in [4.69, 9.17) is 5.73 Å². The summed E-state index contributed by atoms with van der Waals surface area (Å²) in [6.07, 6.45) is 9.08. The molecule has 0 aromatic carbocycles. The predicted molar refractivity (Wildman–Crippen MR) is 73.4 cm³/mol. The van der Waals surface area contributed by atoms with Crippen molar-refractivity contribution in [2.75, 3.05) is 5.73 Å². The van der Waals surface area contributed by atoms with Crippen molar-refractivity contribution in [3.05, 3.63) is 30.9 Å². The smallest absolute Gasteiger partial charge is 0.123 e. The van der Waals surface area contributed by atoms with Crippen LogP contribution in [0.2, 0.25) is 0 Å². The fourth-order valence-corrected chi connectivity index (χ4v) is 2.71. The largest absolute Gasteiger partial charge is 0.393 e. The first kappa shape index (κ1) is 12.2. The Hall–Kier alpha value is -1.88. The van der Waals surface area contributed by atoms with Crippen LogP contribution in [-0.4, -0.2) is 25.7 Å². The van der Waals surface area contributed by atoms with Crippen LogP contribution in [0.3, 0.4) is 0 Å². The summed E-state index contributed by atoms with van der Waals surface area (Å²) in [5, 5.41) is 9.59. The first-order valence-corrected chi connectivity index (χ1v) is 6.66. The molecule has 3 rings (SSSR count). The Balaban J connectivity index is 1.88. The Kier molecular flexibility index (Phi) is 3.21. The van der Waals surface area contributed by atoms with Crippen molar-refractivity contribution in [2.24, 2.45) is 0 Å². The van der Waals surface area contributed by atoms with E-state index < -0.39 is 0 Å². The molecular weight excluding hydrogens is 240 g/mol. The third kappa shape index (κ3) is 2.46. The number of anilines is 1. The highest BCUT2D eigenvalue weighted by Gasteiger charge is 2.22. The molecule has 0 saturated heterocycles. The molecule has 0 aliphatic heterocycles. The van der Waals surface area contributed by atoms with E-state index in [1.54, 1.807) is 12.3 Å². The van der Waals surface area contributed by atoms with Crippen LogP contribution in [0.4, 0.5) is 5.82 Å². The van der Waals surface area contributed by atoms with Crippen molar-refractivity contribution in [1.29, 1.82) is 0 Å². The lowest BCUT2D eigenvalue weighted by atomic mass is 9.92. The first-order valence-electron chi connectivity index (χ1n) is 6.66. The molecule has 100 valence electrons. The molecule has 1 fully saturated rings. The lowest BCUT2D eigenvalue weighted by Gasteiger charge is -2.27. The van der Waals surface area contributed by atoms with Crippen molar-refractivity contribution >= 4 is 5.82 Å². The molecule has 3 N–H and O–H groups in total. The van der Waals surface area contributed by atoms with Crippen LogP contribution in [0, 0.1) is 0 Å². The third-order valence-corrected chi connectivity index (χ3v) is 3.81. The quantitative estimate of drug-likeness (QED) is 0.863. The molecule has 0 radical (unpaired) electrons. The Morgan fingerprint density at radius 3 is 2.63 bits per heavy atom. The molecule has 5 nitrogen and oxygen atoms in total. The molecule has 0 amide bonds. The fraction of sp³-hybridized carbons (Fsp3) is 0.429. The zero-order valence-corrected chi connectivity index (χ0v) is 10.7. The number of nitrogens with zero attached hydrogens (tertiary/aromatic N) is 3. The van der Waals surface area contributed by atoms with Gasteiger partial charge in [-0.1, -0.05) is 0 Å². The third-order valence-electron chi connectivity index (χ3n) is 3.81. The van der Waals surface area contributed by atoms with E-state index in [2.05, 4.69) is 14.5 Å². The molecule has 2 aromatic heterocycles. The van der Waals surface area contributed by atoms with Crippen molar-refractivity contribution in [2.45, 2.75) is 37.8 Å². The van der Waals surface area contributed by atoms with E-state index in [-0.39, 0.29) is 6.10 Å². The molecule has 1 aliphatic rings. The van der Waals surface area contributed by atoms with Crippen LogP contribution in [-0.2, 0) is 0 Å². The number of hydrogen-bond acceptors (Lipinski definition) is 4. The second-order valence-electron chi connectivity index (χ2n) is 5.12. The zero-order valence-electron chi connectivity index (χ0n) is 10.7. The molecule has 1 saturated carbocycles. The maximum atomic E-state index is 9.59. The Morgan fingerprint density at radius 2 is 1.95 bits per heavy atom. The van der Waals surface area contributed by atoms with Crippen LogP contribution in [0.5, 0.6) is 0 Å². The summed E-state index contributed by atoms with van der Waals surface area (Å²) in [6, 6.07) is 4.18. The SMILES string of the molecule is Nc1ccc(-c2cncn2C2CCC(O)CC2)cn1. The van der Waals surface area contributed by atoms with Crippen molar-refractivity contribution in [1.82, 2.24) is 14.5 Å². The van der Waals surface area contributed by atoms with Crippen molar-refractivity contribution in [3.8, 4) is 11.3 Å². The highest BCUT2D eigenvalue weighted by molar-refractivity contribution is 5.59. The molecule has 0 spiro atoms. The number of aliphatic hydroxyl groups is 1. The van der Waals surface area contributed by atoms with E-state index in [1.807, 2.05) is 18.6 Å². The van der Waals surface area contributed by atoms with Crippen molar-refractivity contribution < 1.29 is 5.11 Å². The van der Waals surface area contributed by atoms with E-state index in [1.165, 1.54) is 0 Å². The van der Waals surface area contributed by atoms with E-state index in [0.29, 0.717) is 11.9 Å². The van der Waals surface area contributed by atoms with Crippen LogP contribution < -0.4 is 5.73 Å². The van der Waals surface area contributed by atoms with E-state index >= 15 is 0 Å². The summed E-state index contributed by atoms with van der Waals surface area (Å²) in [4.78, 5) is 8.39. The monoisotopic (exact) mass is 258 g/mol. The van der Waals surface area contributed by atoms with Crippen LogP contribution in [0.1, 0.15) is 31.7 Å². The summed E-state index contributed by atoms with van der Waals surface area (Å²) >= 11 is 0. The first-order chi connectivity index (χ1) is 9.24. The Morgan fingerprint density at radius 1 is 1.16 bits per heavy atom. The fourth-order valence-electron chi connectivity index (χ4n) is 2.71. The van der Waals surface area contributed by atoms with Crippen LogP contribution in [0.25, 0.3) is 11.3 Å². The van der Waals surface area contributed by atoms with Crippen LogP contribution in [0.15, 0.2) is 30.9 Å². The minimum absolute atomic E-state index is 0.138. The summed E-state index contributed by atoms with van der Waals surface area (Å²) in [5.74, 6) is 0.524. The molecule has 0 unspecified atom stereocenters. The lowest BCUT2D eigenvalue weighted by molar-refractivity contribution is 0.111. The van der Waals surface area contributed by atoms with Crippen LogP contribution >= 0.6 is 0 Å². The van der Waals surface area contributed by atoms with Gasteiger partial charge < -0.3 is 15.4 Å². The highest BCUT2D eigenvalue weighted by atomic mass is 16.3. The topological polar surface area (TPSA) is 77.0 Å². The summed E-state index contributed by atoms with van der Waals surface area (Å²) in [5.41, 5.74) is 7.70. The average molecular weight is 258 g/mol. The summed E-state index contributed by atoms with van der Waals surface area (Å²) in [6.45, 7) is 0. The molecule has 2 aromatic rings. The second-order valence-corrected chi connectivity index (χ2v) is 5.12. The predicted octanol–water partition coefficient (Wildman–Crippen LogP) is 2.00. The van der Waals surface area contributed by atoms with Gasteiger partial charge in [0, 0.05) is 17.8 Å². The van der Waals surface area contributed by atoms with E-state index in [9.17, 15) is 5.11 Å². The van der Waals surface area contributed by atoms with Gasteiger partial charge in [-0.15, -0.1) is 0 Å².